The number of pyridine rings is 1. The van der Waals surface area contributed by atoms with Gasteiger partial charge in [-0.15, -0.1) is 11.3 Å². The number of hydrogen-bond donors (Lipinski definition) is 1. The number of aromatic nitrogens is 1. The summed E-state index contributed by atoms with van der Waals surface area (Å²) in [6, 6.07) is 9.35. The monoisotopic (exact) mass is 342 g/mol. The van der Waals surface area contributed by atoms with Gasteiger partial charge in [-0.1, -0.05) is 12.1 Å². The minimum absolute atomic E-state index is 0.188. The Kier molecular flexibility index (Phi) is 4.77. The SMILES string of the molecule is O=C(C=Cc1cc(-c2cccnc2)cs1)Nc1cccc(F)c1F. The van der Waals surface area contributed by atoms with Gasteiger partial charge in [-0.3, -0.25) is 9.78 Å². The molecule has 2 heterocycles. The van der Waals surface area contributed by atoms with Gasteiger partial charge in [-0.25, -0.2) is 8.78 Å². The zero-order valence-corrected chi connectivity index (χ0v) is 13.2. The molecule has 1 aromatic carbocycles. The summed E-state index contributed by atoms with van der Waals surface area (Å²) in [6.45, 7) is 0. The van der Waals surface area contributed by atoms with E-state index in [2.05, 4.69) is 10.3 Å². The van der Waals surface area contributed by atoms with Gasteiger partial charge < -0.3 is 5.32 Å². The molecule has 3 nitrogen and oxygen atoms in total. The molecule has 0 aliphatic rings. The highest BCUT2D eigenvalue weighted by Crippen LogP contribution is 2.25. The van der Waals surface area contributed by atoms with Crippen molar-refractivity contribution in [2.24, 2.45) is 0 Å². The first kappa shape index (κ1) is 16.0. The average Bonchev–Trinajstić information content (AvgIpc) is 3.07. The van der Waals surface area contributed by atoms with E-state index < -0.39 is 17.5 Å². The molecule has 0 radical (unpaired) electrons. The molecule has 0 bridgehead atoms. The number of anilines is 1. The van der Waals surface area contributed by atoms with Gasteiger partial charge in [0.15, 0.2) is 11.6 Å². The first-order valence-electron chi connectivity index (χ1n) is 7.05. The zero-order valence-electron chi connectivity index (χ0n) is 12.4. The fourth-order valence-corrected chi connectivity index (χ4v) is 2.87. The number of thiophene rings is 1. The van der Waals surface area contributed by atoms with Crippen LogP contribution in [0.4, 0.5) is 14.5 Å². The highest BCUT2D eigenvalue weighted by atomic mass is 32.1. The molecular weight excluding hydrogens is 330 g/mol. The Morgan fingerprint density at radius 3 is 2.83 bits per heavy atom. The van der Waals surface area contributed by atoms with E-state index in [4.69, 9.17) is 0 Å². The van der Waals surface area contributed by atoms with E-state index in [9.17, 15) is 13.6 Å². The second-order valence-corrected chi connectivity index (χ2v) is 5.85. The molecule has 0 unspecified atom stereocenters. The zero-order chi connectivity index (χ0) is 16.9. The second-order valence-electron chi connectivity index (χ2n) is 4.90. The van der Waals surface area contributed by atoms with Crippen LogP contribution in [0.5, 0.6) is 0 Å². The van der Waals surface area contributed by atoms with Crippen LogP contribution in [-0.4, -0.2) is 10.9 Å². The van der Waals surface area contributed by atoms with Gasteiger partial charge in [0.05, 0.1) is 5.69 Å². The first-order chi connectivity index (χ1) is 11.6. The number of nitrogens with one attached hydrogen (secondary N) is 1. The van der Waals surface area contributed by atoms with Crippen LogP contribution >= 0.6 is 11.3 Å². The highest BCUT2D eigenvalue weighted by molar-refractivity contribution is 7.11. The number of benzene rings is 1. The van der Waals surface area contributed by atoms with Crippen LogP contribution in [0.25, 0.3) is 17.2 Å². The number of halogens is 2. The Bertz CT molecular complexity index is 891. The van der Waals surface area contributed by atoms with Gasteiger partial charge in [0, 0.05) is 28.9 Å². The Morgan fingerprint density at radius 1 is 1.17 bits per heavy atom. The quantitative estimate of drug-likeness (QED) is 0.696. The second kappa shape index (κ2) is 7.14. The van der Waals surface area contributed by atoms with E-state index in [1.54, 1.807) is 18.5 Å². The Morgan fingerprint density at radius 2 is 2.04 bits per heavy atom. The fraction of sp³-hybridized carbons (Fsp3) is 0. The lowest BCUT2D eigenvalue weighted by molar-refractivity contribution is -0.111. The fourth-order valence-electron chi connectivity index (χ4n) is 2.06. The first-order valence-corrected chi connectivity index (χ1v) is 7.93. The number of hydrogen-bond acceptors (Lipinski definition) is 3. The lowest BCUT2D eigenvalue weighted by atomic mass is 10.1. The van der Waals surface area contributed by atoms with Crippen molar-refractivity contribution in [3.05, 3.63) is 76.8 Å². The van der Waals surface area contributed by atoms with Crippen molar-refractivity contribution in [2.75, 3.05) is 5.32 Å². The van der Waals surface area contributed by atoms with E-state index in [0.29, 0.717) is 0 Å². The van der Waals surface area contributed by atoms with Crippen molar-refractivity contribution >= 4 is 29.0 Å². The summed E-state index contributed by atoms with van der Waals surface area (Å²) < 4.78 is 26.6. The molecule has 0 aliphatic heterocycles. The molecular formula is C18H12F2N2OS. The highest BCUT2D eigenvalue weighted by Gasteiger charge is 2.09. The van der Waals surface area contributed by atoms with Crippen LogP contribution in [0.15, 0.2) is 60.2 Å². The van der Waals surface area contributed by atoms with Gasteiger partial charge in [0.2, 0.25) is 5.91 Å². The van der Waals surface area contributed by atoms with Gasteiger partial charge >= 0.3 is 0 Å². The lowest BCUT2D eigenvalue weighted by Gasteiger charge is -2.03. The maximum absolute atomic E-state index is 13.5. The third-order valence-electron chi connectivity index (χ3n) is 3.22. The standard InChI is InChI=1S/C18H12F2N2OS/c19-15-4-1-5-16(18(15)20)22-17(23)7-6-14-9-13(11-24-14)12-3-2-8-21-10-12/h1-11H,(H,22,23). The molecule has 24 heavy (non-hydrogen) atoms. The Balaban J connectivity index is 1.69. The molecule has 0 saturated heterocycles. The van der Waals surface area contributed by atoms with E-state index in [1.807, 2.05) is 23.6 Å². The third kappa shape index (κ3) is 3.72. The van der Waals surface area contributed by atoms with Crippen molar-refractivity contribution in [3.8, 4) is 11.1 Å². The summed E-state index contributed by atoms with van der Waals surface area (Å²) >= 11 is 1.47. The Hall–Kier alpha value is -2.86. The minimum atomic E-state index is -1.07. The molecule has 120 valence electrons. The van der Waals surface area contributed by atoms with Crippen LogP contribution in [0.1, 0.15) is 4.88 Å². The molecule has 0 aliphatic carbocycles. The number of rotatable bonds is 4. The molecule has 0 atom stereocenters. The van der Waals surface area contributed by atoms with Crippen molar-refractivity contribution in [1.29, 1.82) is 0 Å². The number of nitrogens with zero attached hydrogens (tertiary/aromatic N) is 1. The number of carbonyl (C=O) groups is 1. The number of amides is 1. The summed E-state index contributed by atoms with van der Waals surface area (Å²) in [5.74, 6) is -2.61. The van der Waals surface area contributed by atoms with Crippen molar-refractivity contribution in [2.45, 2.75) is 0 Å². The molecule has 0 spiro atoms. The summed E-state index contributed by atoms with van der Waals surface area (Å²) in [5.41, 5.74) is 1.80. The average molecular weight is 342 g/mol. The summed E-state index contributed by atoms with van der Waals surface area (Å²) in [7, 11) is 0. The van der Waals surface area contributed by atoms with E-state index >= 15 is 0 Å². The lowest BCUT2D eigenvalue weighted by Crippen LogP contribution is -2.09. The van der Waals surface area contributed by atoms with E-state index in [-0.39, 0.29) is 5.69 Å². The van der Waals surface area contributed by atoms with E-state index in [1.165, 1.54) is 29.5 Å². The summed E-state index contributed by atoms with van der Waals surface area (Å²) in [4.78, 5) is 16.8. The minimum Gasteiger partial charge on any atom is -0.320 e. The van der Waals surface area contributed by atoms with Gasteiger partial charge in [0.25, 0.3) is 0 Å². The largest absolute Gasteiger partial charge is 0.320 e. The van der Waals surface area contributed by atoms with E-state index in [0.717, 1.165) is 22.1 Å². The summed E-state index contributed by atoms with van der Waals surface area (Å²) in [5, 5.41) is 4.27. The molecule has 3 rings (SSSR count). The molecule has 1 amide bonds. The molecule has 0 fully saturated rings. The Labute approximate surface area is 141 Å². The van der Waals surface area contributed by atoms with Gasteiger partial charge in [-0.2, -0.15) is 0 Å². The number of carbonyl (C=O) groups excluding carboxylic acids is 1. The maximum atomic E-state index is 13.5. The molecule has 2 aromatic heterocycles. The van der Waals surface area contributed by atoms with Gasteiger partial charge in [-0.05, 0) is 41.3 Å². The smallest absolute Gasteiger partial charge is 0.248 e. The van der Waals surface area contributed by atoms with Crippen LogP contribution in [0.3, 0.4) is 0 Å². The summed E-state index contributed by atoms with van der Waals surface area (Å²) in [6.07, 6.45) is 6.36. The molecule has 0 saturated carbocycles. The van der Waals surface area contributed by atoms with Crippen LogP contribution in [0.2, 0.25) is 0 Å². The molecule has 3 aromatic rings. The van der Waals surface area contributed by atoms with Crippen LogP contribution < -0.4 is 5.32 Å². The van der Waals surface area contributed by atoms with Crippen LogP contribution in [-0.2, 0) is 4.79 Å². The third-order valence-corrected chi connectivity index (χ3v) is 4.12. The van der Waals surface area contributed by atoms with Crippen molar-refractivity contribution < 1.29 is 13.6 Å². The van der Waals surface area contributed by atoms with Crippen molar-refractivity contribution in [3.63, 3.8) is 0 Å². The molecule has 1 N–H and O–H groups in total. The van der Waals surface area contributed by atoms with Crippen molar-refractivity contribution in [1.82, 2.24) is 4.98 Å². The predicted octanol–water partition coefficient (Wildman–Crippen LogP) is 4.74. The van der Waals surface area contributed by atoms with Crippen LogP contribution in [0, 0.1) is 11.6 Å². The topological polar surface area (TPSA) is 42.0 Å². The molecule has 6 heteroatoms. The normalized spacial score (nSPS) is 10.9. The van der Waals surface area contributed by atoms with Gasteiger partial charge in [0.1, 0.15) is 0 Å². The predicted molar refractivity (Wildman–Crippen MR) is 91.6 cm³/mol. The maximum Gasteiger partial charge on any atom is 0.248 e.